The van der Waals surface area contributed by atoms with Crippen molar-refractivity contribution in [3.05, 3.63) is 78.5 Å². The summed E-state index contributed by atoms with van der Waals surface area (Å²) in [5, 5.41) is 4.05. The van der Waals surface area contributed by atoms with Crippen molar-refractivity contribution in [2.75, 3.05) is 24.2 Å². The minimum absolute atomic E-state index is 0.115. The molecule has 2 saturated heterocycles. The average Bonchev–Trinajstić information content (AvgIpc) is 2.89. The van der Waals surface area contributed by atoms with Crippen LogP contribution in [0.1, 0.15) is 42.5 Å². The molecule has 5 rings (SSSR count). The van der Waals surface area contributed by atoms with Crippen molar-refractivity contribution in [3.63, 3.8) is 0 Å². The number of hydrogen-bond acceptors (Lipinski definition) is 4. The molecule has 2 aliphatic rings. The Bertz CT molecular complexity index is 1070. The molecule has 0 aliphatic carbocycles. The summed E-state index contributed by atoms with van der Waals surface area (Å²) in [6, 6.07) is 22.5. The molecule has 1 aromatic heterocycles. The highest BCUT2D eigenvalue weighted by atomic mass is 32.2. The minimum atomic E-state index is -0.115. The molecule has 1 amide bonds. The van der Waals surface area contributed by atoms with E-state index in [2.05, 4.69) is 15.2 Å². The molecular weight excluding hydrogens is 426 g/mol. The van der Waals surface area contributed by atoms with Gasteiger partial charge in [-0.2, -0.15) is 0 Å². The van der Waals surface area contributed by atoms with Crippen LogP contribution in [0, 0.1) is 5.92 Å². The Kier molecular flexibility index (Phi) is 7.08. The van der Waals surface area contributed by atoms with Gasteiger partial charge in [-0.15, -0.1) is 11.8 Å². The van der Waals surface area contributed by atoms with E-state index < -0.39 is 0 Å². The van der Waals surface area contributed by atoms with Crippen LogP contribution < -0.4 is 5.32 Å². The van der Waals surface area contributed by atoms with Crippen molar-refractivity contribution >= 4 is 23.4 Å². The summed E-state index contributed by atoms with van der Waals surface area (Å²) in [4.78, 5) is 20.4. The highest BCUT2D eigenvalue weighted by Crippen LogP contribution is 2.34. The van der Waals surface area contributed by atoms with E-state index in [0.717, 1.165) is 39.6 Å². The summed E-state index contributed by atoms with van der Waals surface area (Å²) >= 11 is 1.86. The zero-order chi connectivity index (χ0) is 22.5. The highest BCUT2D eigenvalue weighted by molar-refractivity contribution is 7.99. The van der Waals surface area contributed by atoms with E-state index in [-0.39, 0.29) is 5.91 Å². The van der Waals surface area contributed by atoms with Crippen LogP contribution in [-0.4, -0.2) is 40.7 Å². The Morgan fingerprint density at radius 2 is 1.76 bits per heavy atom. The molecule has 1 N–H and O–H groups in total. The maximum Gasteiger partial charge on any atom is 0.256 e. The number of fused-ring (bicyclic) bond motifs is 1. The first kappa shape index (κ1) is 22.2. The number of aromatic nitrogens is 1. The van der Waals surface area contributed by atoms with Crippen LogP contribution in [0.3, 0.4) is 0 Å². The molecular formula is C28H31N3OS. The SMILES string of the molecule is O=C(Nc1ccc(SC[C@@H]2CCCN3CCCC[C@H]23)nc1)c1ccccc1-c1ccccc1. The van der Waals surface area contributed by atoms with Crippen LogP contribution in [0.25, 0.3) is 11.1 Å². The van der Waals surface area contributed by atoms with Gasteiger partial charge in [0.25, 0.3) is 5.91 Å². The monoisotopic (exact) mass is 457 g/mol. The van der Waals surface area contributed by atoms with Crippen molar-refractivity contribution in [1.82, 2.24) is 9.88 Å². The van der Waals surface area contributed by atoms with Crippen molar-refractivity contribution in [2.24, 2.45) is 5.92 Å². The lowest BCUT2D eigenvalue weighted by atomic mass is 9.85. The number of piperidine rings is 2. The van der Waals surface area contributed by atoms with Crippen molar-refractivity contribution in [2.45, 2.75) is 43.2 Å². The predicted octanol–water partition coefficient (Wildman–Crippen LogP) is 6.36. The molecule has 0 saturated carbocycles. The Balaban J connectivity index is 1.21. The number of thioether (sulfide) groups is 1. The highest BCUT2D eigenvalue weighted by Gasteiger charge is 2.32. The van der Waals surface area contributed by atoms with Gasteiger partial charge in [-0.1, -0.05) is 55.0 Å². The van der Waals surface area contributed by atoms with Gasteiger partial charge in [0, 0.05) is 17.4 Å². The van der Waals surface area contributed by atoms with Crippen molar-refractivity contribution < 1.29 is 4.79 Å². The van der Waals surface area contributed by atoms with Crippen LogP contribution in [0.4, 0.5) is 5.69 Å². The maximum absolute atomic E-state index is 13.0. The first-order valence-corrected chi connectivity index (χ1v) is 13.1. The second kappa shape index (κ2) is 10.5. The van der Waals surface area contributed by atoms with Crippen molar-refractivity contribution in [1.29, 1.82) is 0 Å². The van der Waals surface area contributed by atoms with Gasteiger partial charge in [0.2, 0.25) is 0 Å². The lowest BCUT2D eigenvalue weighted by Gasteiger charge is -2.44. The molecule has 170 valence electrons. The molecule has 5 heteroatoms. The number of benzene rings is 2. The molecule has 0 spiro atoms. The third kappa shape index (κ3) is 5.31. The average molecular weight is 458 g/mol. The summed E-state index contributed by atoms with van der Waals surface area (Å²) in [6.07, 6.45) is 8.53. The van der Waals surface area contributed by atoms with Crippen LogP contribution in [0.5, 0.6) is 0 Å². The summed E-state index contributed by atoms with van der Waals surface area (Å²) in [5.41, 5.74) is 3.35. The Morgan fingerprint density at radius 1 is 0.939 bits per heavy atom. The smallest absolute Gasteiger partial charge is 0.256 e. The molecule has 4 nitrogen and oxygen atoms in total. The fourth-order valence-corrected chi connectivity index (χ4v) is 6.32. The number of rotatable bonds is 6. The number of nitrogens with zero attached hydrogens (tertiary/aromatic N) is 2. The van der Waals surface area contributed by atoms with Gasteiger partial charge in [-0.3, -0.25) is 4.79 Å². The molecule has 0 radical (unpaired) electrons. The number of hydrogen-bond donors (Lipinski definition) is 1. The van der Waals surface area contributed by atoms with Gasteiger partial charge in [-0.05, 0) is 74.0 Å². The van der Waals surface area contributed by atoms with Crippen LogP contribution >= 0.6 is 11.8 Å². The Labute approximate surface area is 200 Å². The quantitative estimate of drug-likeness (QED) is 0.438. The van der Waals surface area contributed by atoms with Gasteiger partial charge in [0.15, 0.2) is 0 Å². The lowest BCUT2D eigenvalue weighted by molar-refractivity contribution is 0.0693. The third-order valence-electron chi connectivity index (χ3n) is 6.92. The lowest BCUT2D eigenvalue weighted by Crippen LogP contribution is -2.48. The summed E-state index contributed by atoms with van der Waals surface area (Å²) in [5.74, 6) is 1.78. The zero-order valence-corrected chi connectivity index (χ0v) is 19.8. The molecule has 0 unspecified atom stereocenters. The maximum atomic E-state index is 13.0. The third-order valence-corrected chi connectivity index (χ3v) is 8.06. The molecule has 3 aromatic rings. The first-order valence-electron chi connectivity index (χ1n) is 12.1. The van der Waals surface area contributed by atoms with Gasteiger partial charge >= 0.3 is 0 Å². The van der Waals surface area contributed by atoms with Gasteiger partial charge in [0.1, 0.15) is 0 Å². The van der Waals surface area contributed by atoms with Crippen molar-refractivity contribution in [3.8, 4) is 11.1 Å². The van der Waals surface area contributed by atoms with Crippen LogP contribution in [0.15, 0.2) is 78.0 Å². The Hall–Kier alpha value is -2.63. The molecule has 2 aromatic carbocycles. The summed E-state index contributed by atoms with van der Waals surface area (Å²) in [6.45, 7) is 2.57. The van der Waals surface area contributed by atoms with Crippen LogP contribution in [-0.2, 0) is 0 Å². The largest absolute Gasteiger partial charge is 0.321 e. The van der Waals surface area contributed by atoms with Crippen LogP contribution in [0.2, 0.25) is 0 Å². The number of carbonyl (C=O) groups excluding carboxylic acids is 1. The van der Waals surface area contributed by atoms with E-state index in [9.17, 15) is 4.79 Å². The predicted molar refractivity (Wildman–Crippen MR) is 137 cm³/mol. The fraction of sp³-hybridized carbons (Fsp3) is 0.357. The first-order chi connectivity index (χ1) is 16.3. The topological polar surface area (TPSA) is 45.2 Å². The Morgan fingerprint density at radius 3 is 2.61 bits per heavy atom. The molecule has 2 atom stereocenters. The molecule has 33 heavy (non-hydrogen) atoms. The zero-order valence-electron chi connectivity index (χ0n) is 19.0. The van der Waals surface area contributed by atoms with E-state index in [4.69, 9.17) is 0 Å². The van der Waals surface area contributed by atoms with E-state index in [1.165, 1.54) is 45.2 Å². The standard InChI is InChI=1S/C28H31N3OS/c32-28(25-13-5-4-12-24(25)21-9-2-1-3-10-21)30-23-15-16-27(29-19-23)33-20-22-11-8-18-31-17-7-6-14-26(22)31/h1-5,9-10,12-13,15-16,19,22,26H,6-8,11,14,17-18,20H2,(H,30,32)/t22-,26+/m0/s1. The molecule has 3 heterocycles. The van der Waals surface area contributed by atoms with Gasteiger partial charge in [-0.25, -0.2) is 4.98 Å². The van der Waals surface area contributed by atoms with E-state index in [1.54, 1.807) is 6.20 Å². The number of anilines is 1. The van der Waals surface area contributed by atoms with Gasteiger partial charge < -0.3 is 10.2 Å². The number of amides is 1. The summed E-state index contributed by atoms with van der Waals surface area (Å²) < 4.78 is 0. The summed E-state index contributed by atoms with van der Waals surface area (Å²) in [7, 11) is 0. The molecule has 2 aliphatic heterocycles. The van der Waals surface area contributed by atoms with E-state index >= 15 is 0 Å². The number of pyridine rings is 1. The van der Waals surface area contributed by atoms with E-state index in [0.29, 0.717) is 5.56 Å². The minimum Gasteiger partial charge on any atom is -0.321 e. The normalized spacial score (nSPS) is 20.7. The number of carbonyl (C=O) groups is 1. The second-order valence-electron chi connectivity index (χ2n) is 9.06. The van der Waals surface area contributed by atoms with Gasteiger partial charge in [0.05, 0.1) is 16.9 Å². The number of nitrogens with one attached hydrogen (secondary N) is 1. The fourth-order valence-electron chi connectivity index (χ4n) is 5.25. The molecule has 0 bridgehead atoms. The second-order valence-corrected chi connectivity index (χ2v) is 10.1. The molecule has 2 fully saturated rings. The van der Waals surface area contributed by atoms with E-state index in [1.807, 2.05) is 78.5 Å².